The maximum atomic E-state index is 12.3. The molecule has 2 heterocycles. The van der Waals surface area contributed by atoms with E-state index in [4.69, 9.17) is 9.15 Å². The second-order valence-electron chi connectivity index (χ2n) is 5.14. The number of ether oxygens (including phenoxy) is 1. The van der Waals surface area contributed by atoms with Crippen LogP contribution in [0, 0.1) is 11.3 Å². The van der Waals surface area contributed by atoms with Crippen LogP contribution in [0.1, 0.15) is 5.76 Å². The Morgan fingerprint density at radius 1 is 1.13 bits per heavy atom. The Bertz CT molecular complexity index is 750. The van der Waals surface area contributed by atoms with Crippen molar-refractivity contribution in [3.05, 3.63) is 53.8 Å². The van der Waals surface area contributed by atoms with Gasteiger partial charge in [0.15, 0.2) is 0 Å². The molecule has 1 aromatic carbocycles. The Morgan fingerprint density at radius 2 is 1.87 bits per heavy atom. The van der Waals surface area contributed by atoms with Crippen LogP contribution in [0.3, 0.4) is 0 Å². The molecule has 0 atom stereocenters. The molecule has 0 aliphatic carbocycles. The van der Waals surface area contributed by atoms with Crippen LogP contribution < -0.4 is 0 Å². The second-order valence-corrected chi connectivity index (χ2v) is 5.14. The fourth-order valence-corrected chi connectivity index (χ4v) is 2.41. The predicted octanol–water partition coefficient (Wildman–Crippen LogP) is 2.71. The van der Waals surface area contributed by atoms with E-state index < -0.39 is 0 Å². The molecule has 3 rings (SSSR count). The summed E-state index contributed by atoms with van der Waals surface area (Å²) in [6.07, 6.45) is 1.49. The summed E-state index contributed by atoms with van der Waals surface area (Å²) >= 11 is 0. The van der Waals surface area contributed by atoms with Crippen molar-refractivity contribution in [2.24, 2.45) is 0 Å². The number of benzene rings is 1. The first-order valence-electron chi connectivity index (χ1n) is 7.42. The van der Waals surface area contributed by atoms with Crippen LogP contribution in [-0.2, 0) is 9.53 Å². The molecular weight excluding hydrogens is 292 g/mol. The van der Waals surface area contributed by atoms with Crippen molar-refractivity contribution in [1.82, 2.24) is 4.90 Å². The third-order valence-corrected chi connectivity index (χ3v) is 3.62. The van der Waals surface area contributed by atoms with Crippen molar-refractivity contribution in [2.75, 3.05) is 26.3 Å². The van der Waals surface area contributed by atoms with E-state index in [-0.39, 0.29) is 11.5 Å². The minimum atomic E-state index is -0.284. The lowest BCUT2D eigenvalue weighted by molar-refractivity contribution is -0.130. The van der Waals surface area contributed by atoms with Crippen molar-refractivity contribution < 1.29 is 13.9 Å². The molecule has 5 heteroatoms. The molecule has 0 bridgehead atoms. The van der Waals surface area contributed by atoms with E-state index in [1.807, 2.05) is 42.5 Å². The van der Waals surface area contributed by atoms with Gasteiger partial charge in [0, 0.05) is 24.7 Å². The first-order valence-corrected chi connectivity index (χ1v) is 7.42. The average molecular weight is 308 g/mol. The average Bonchev–Trinajstić information content (AvgIpc) is 3.09. The monoisotopic (exact) mass is 308 g/mol. The normalized spacial score (nSPS) is 15.3. The maximum absolute atomic E-state index is 12.3. The maximum Gasteiger partial charge on any atom is 0.264 e. The van der Waals surface area contributed by atoms with Gasteiger partial charge >= 0.3 is 0 Å². The van der Waals surface area contributed by atoms with Gasteiger partial charge in [-0.25, -0.2) is 0 Å². The second kappa shape index (κ2) is 6.95. The number of furan rings is 1. The van der Waals surface area contributed by atoms with Crippen LogP contribution in [-0.4, -0.2) is 37.1 Å². The summed E-state index contributed by atoms with van der Waals surface area (Å²) in [5.74, 6) is 0.906. The minimum absolute atomic E-state index is 0.0702. The van der Waals surface area contributed by atoms with Gasteiger partial charge in [-0.15, -0.1) is 0 Å². The molecule has 0 unspecified atom stereocenters. The molecule has 0 saturated carbocycles. The van der Waals surface area contributed by atoms with Crippen molar-refractivity contribution >= 4 is 12.0 Å². The highest BCUT2D eigenvalue weighted by atomic mass is 16.5. The van der Waals surface area contributed by atoms with Gasteiger partial charge in [-0.05, 0) is 12.1 Å². The highest BCUT2D eigenvalue weighted by Gasteiger charge is 2.21. The molecule has 0 radical (unpaired) electrons. The molecule has 0 N–H and O–H groups in total. The smallest absolute Gasteiger partial charge is 0.264 e. The molecule has 1 saturated heterocycles. The molecule has 5 nitrogen and oxygen atoms in total. The Kier molecular flexibility index (Phi) is 4.55. The zero-order valence-electron chi connectivity index (χ0n) is 12.6. The molecule has 0 spiro atoms. The Balaban J connectivity index is 1.80. The number of carbonyl (C=O) groups is 1. The zero-order valence-corrected chi connectivity index (χ0v) is 12.6. The van der Waals surface area contributed by atoms with Gasteiger partial charge in [0.2, 0.25) is 0 Å². The lowest BCUT2D eigenvalue weighted by Gasteiger charge is -2.26. The summed E-state index contributed by atoms with van der Waals surface area (Å²) in [7, 11) is 0. The number of hydrogen-bond donors (Lipinski definition) is 0. The van der Waals surface area contributed by atoms with E-state index in [1.165, 1.54) is 6.08 Å². The van der Waals surface area contributed by atoms with E-state index in [0.717, 1.165) is 5.56 Å². The van der Waals surface area contributed by atoms with E-state index in [2.05, 4.69) is 0 Å². The van der Waals surface area contributed by atoms with E-state index >= 15 is 0 Å². The summed E-state index contributed by atoms with van der Waals surface area (Å²) in [5, 5.41) is 9.27. The third-order valence-electron chi connectivity index (χ3n) is 3.62. The van der Waals surface area contributed by atoms with Gasteiger partial charge in [-0.3, -0.25) is 4.79 Å². The fourth-order valence-electron chi connectivity index (χ4n) is 2.41. The Morgan fingerprint density at radius 3 is 2.57 bits per heavy atom. The SMILES string of the molecule is N#C/C(=C\c1ccc(-c2ccccc2)o1)C(=O)N1CCOCC1. The Hall–Kier alpha value is -2.84. The van der Waals surface area contributed by atoms with Gasteiger partial charge in [0.25, 0.3) is 5.91 Å². The standard InChI is InChI=1S/C18H16N2O3/c19-13-15(18(21)20-8-10-22-11-9-20)12-16-6-7-17(23-16)14-4-2-1-3-5-14/h1-7,12H,8-11H2/b15-12+. The van der Waals surface area contributed by atoms with E-state index in [1.54, 1.807) is 11.0 Å². The van der Waals surface area contributed by atoms with Gasteiger partial charge < -0.3 is 14.1 Å². The molecule has 2 aromatic rings. The van der Waals surface area contributed by atoms with E-state index in [0.29, 0.717) is 37.8 Å². The highest BCUT2D eigenvalue weighted by Crippen LogP contribution is 2.23. The number of carbonyl (C=O) groups excluding carboxylic acids is 1. The number of rotatable bonds is 3. The topological polar surface area (TPSA) is 66.5 Å². The molecular formula is C18H16N2O3. The summed E-state index contributed by atoms with van der Waals surface area (Å²) < 4.78 is 10.9. The third kappa shape index (κ3) is 3.50. The number of nitrogens with zero attached hydrogens (tertiary/aromatic N) is 2. The van der Waals surface area contributed by atoms with E-state index in [9.17, 15) is 10.1 Å². The first-order chi connectivity index (χ1) is 11.3. The largest absolute Gasteiger partial charge is 0.457 e. The van der Waals surface area contributed by atoms with Crippen molar-refractivity contribution in [3.63, 3.8) is 0 Å². The first kappa shape index (κ1) is 15.1. The summed E-state index contributed by atoms with van der Waals surface area (Å²) in [4.78, 5) is 14.0. The van der Waals surface area contributed by atoms with Gasteiger partial charge in [-0.2, -0.15) is 5.26 Å². The highest BCUT2D eigenvalue weighted by molar-refractivity contribution is 6.01. The summed E-state index contributed by atoms with van der Waals surface area (Å²) in [5.41, 5.74) is 1.02. The van der Waals surface area contributed by atoms with Crippen LogP contribution in [0.4, 0.5) is 0 Å². The number of nitriles is 1. The van der Waals surface area contributed by atoms with Crippen molar-refractivity contribution in [3.8, 4) is 17.4 Å². The van der Waals surface area contributed by atoms with Crippen molar-refractivity contribution in [2.45, 2.75) is 0 Å². The van der Waals surface area contributed by atoms with Crippen molar-refractivity contribution in [1.29, 1.82) is 5.26 Å². The van der Waals surface area contributed by atoms with Crippen LogP contribution in [0.2, 0.25) is 0 Å². The van der Waals surface area contributed by atoms with Crippen LogP contribution in [0.25, 0.3) is 17.4 Å². The lowest BCUT2D eigenvalue weighted by atomic mass is 10.2. The molecule has 1 aromatic heterocycles. The van der Waals surface area contributed by atoms with Crippen LogP contribution in [0.5, 0.6) is 0 Å². The number of hydrogen-bond acceptors (Lipinski definition) is 4. The summed E-state index contributed by atoms with van der Waals surface area (Å²) in [6, 6.07) is 15.2. The number of amides is 1. The van der Waals surface area contributed by atoms with Gasteiger partial charge in [0.1, 0.15) is 23.2 Å². The molecule has 1 amide bonds. The fraction of sp³-hybridized carbons (Fsp3) is 0.222. The Labute approximate surface area is 134 Å². The molecule has 23 heavy (non-hydrogen) atoms. The molecule has 116 valence electrons. The van der Waals surface area contributed by atoms with Gasteiger partial charge in [-0.1, -0.05) is 30.3 Å². The molecule has 1 aliphatic heterocycles. The van der Waals surface area contributed by atoms with Gasteiger partial charge in [0.05, 0.1) is 13.2 Å². The van der Waals surface area contributed by atoms with Crippen LogP contribution in [0.15, 0.2) is 52.5 Å². The molecule has 1 aliphatic rings. The predicted molar refractivity (Wildman–Crippen MR) is 85.1 cm³/mol. The molecule has 1 fully saturated rings. The summed E-state index contributed by atoms with van der Waals surface area (Å²) in [6.45, 7) is 2.02. The lowest BCUT2D eigenvalue weighted by Crippen LogP contribution is -2.41. The minimum Gasteiger partial charge on any atom is -0.457 e. The number of morpholine rings is 1. The van der Waals surface area contributed by atoms with Crippen LogP contribution >= 0.6 is 0 Å². The quantitative estimate of drug-likeness (QED) is 0.646. The zero-order chi connectivity index (χ0) is 16.1.